The molecule has 180 valence electrons. The van der Waals surface area contributed by atoms with Gasteiger partial charge in [0.1, 0.15) is 6.17 Å². The largest absolute Gasteiger partial charge is 0.345 e. The van der Waals surface area contributed by atoms with Crippen LogP contribution in [-0.4, -0.2) is 85.5 Å². The topological polar surface area (TPSA) is 109 Å². The molecule has 0 radical (unpaired) electrons. The van der Waals surface area contributed by atoms with Gasteiger partial charge in [-0.15, -0.1) is 0 Å². The van der Waals surface area contributed by atoms with Gasteiger partial charge in [0.15, 0.2) is 17.0 Å². The number of halogens is 1. The first-order chi connectivity index (χ1) is 16.3. The molecule has 0 aromatic carbocycles. The van der Waals surface area contributed by atoms with Crippen LogP contribution in [0.1, 0.15) is 18.2 Å². The Hall–Kier alpha value is -3.54. The van der Waals surface area contributed by atoms with Gasteiger partial charge in [-0.2, -0.15) is 15.1 Å². The first-order valence-corrected chi connectivity index (χ1v) is 11.3. The second-order valence-corrected chi connectivity index (χ2v) is 9.08. The van der Waals surface area contributed by atoms with Gasteiger partial charge in [0, 0.05) is 26.3 Å². The number of rotatable bonds is 6. The van der Waals surface area contributed by atoms with Gasteiger partial charge in [0.05, 0.1) is 36.3 Å². The van der Waals surface area contributed by atoms with Crippen molar-refractivity contribution in [3.8, 4) is 0 Å². The van der Waals surface area contributed by atoms with Crippen LogP contribution in [0.2, 0.25) is 0 Å². The maximum absolute atomic E-state index is 14.6. The maximum atomic E-state index is 14.6. The molecule has 0 aliphatic carbocycles. The minimum atomic E-state index is -1.24. The second kappa shape index (κ2) is 8.67. The monoisotopic (exact) mass is 468 g/mol. The summed E-state index contributed by atoms with van der Waals surface area (Å²) in [6.45, 7) is 7.74. The average molecular weight is 469 g/mol. The van der Waals surface area contributed by atoms with Crippen LogP contribution in [0.25, 0.3) is 11.2 Å². The fourth-order valence-electron chi connectivity index (χ4n) is 4.58. The normalized spacial score (nSPS) is 23.1. The van der Waals surface area contributed by atoms with Crippen molar-refractivity contribution >= 4 is 34.5 Å². The van der Waals surface area contributed by atoms with Gasteiger partial charge in [-0.05, 0) is 33.0 Å². The number of anilines is 3. The Balaban J connectivity index is 1.44. The van der Waals surface area contributed by atoms with Gasteiger partial charge in [0.2, 0.25) is 11.9 Å². The van der Waals surface area contributed by atoms with Crippen LogP contribution in [0, 0.1) is 6.92 Å². The van der Waals surface area contributed by atoms with Crippen LogP contribution in [0.5, 0.6) is 0 Å². The standard InChI is InChI=1S/C22H29FN10O/c1-5-18(34)25-17-10-32(9-15(17)23)22-27-20(19-21(28-22)31(4)12-24-19)26-16-11-33(29-13(16)2)14-6-7-30(3)8-14/h5,11-12,14-15,17H,1,6-10H2,2-4H3,(H,25,34)(H,26,27,28)/t14?,15-,17+/m0/s1. The molecule has 2 aliphatic heterocycles. The lowest BCUT2D eigenvalue weighted by molar-refractivity contribution is -0.117. The second-order valence-electron chi connectivity index (χ2n) is 9.08. The Kier molecular flexibility index (Phi) is 5.68. The van der Waals surface area contributed by atoms with E-state index in [4.69, 9.17) is 10.1 Å². The first kappa shape index (κ1) is 22.3. The zero-order chi connectivity index (χ0) is 24.0. The number of amides is 1. The number of aryl methyl sites for hydroxylation is 2. The Morgan fingerprint density at radius 3 is 2.82 bits per heavy atom. The number of hydrogen-bond acceptors (Lipinski definition) is 8. The number of nitrogens with one attached hydrogen (secondary N) is 2. The molecule has 5 rings (SSSR count). The SMILES string of the molecule is C=CC(=O)N[C@@H]1CN(c2nc(Nc3cn(C4CCN(C)C4)nc3C)c3ncn(C)c3n2)C[C@@H]1F. The molecular weight excluding hydrogens is 439 g/mol. The molecule has 0 bridgehead atoms. The molecule has 3 atom stereocenters. The number of carbonyl (C=O) groups excluding carboxylic acids is 1. The lowest BCUT2D eigenvalue weighted by Gasteiger charge is -2.17. The summed E-state index contributed by atoms with van der Waals surface area (Å²) in [5, 5.41) is 10.7. The molecule has 1 amide bonds. The van der Waals surface area contributed by atoms with E-state index < -0.39 is 18.1 Å². The van der Waals surface area contributed by atoms with E-state index >= 15 is 0 Å². The summed E-state index contributed by atoms with van der Waals surface area (Å²) >= 11 is 0. The van der Waals surface area contributed by atoms with E-state index in [0.717, 1.165) is 37.0 Å². The third kappa shape index (κ3) is 4.09. The number of likely N-dealkylation sites (tertiary alicyclic amines) is 1. The summed E-state index contributed by atoms with van der Waals surface area (Å²) in [5.41, 5.74) is 2.94. The molecule has 5 heterocycles. The van der Waals surface area contributed by atoms with E-state index in [2.05, 4.69) is 39.1 Å². The molecule has 2 aliphatic rings. The summed E-state index contributed by atoms with van der Waals surface area (Å²) < 4.78 is 18.5. The summed E-state index contributed by atoms with van der Waals surface area (Å²) in [4.78, 5) is 29.5. The molecule has 1 unspecified atom stereocenters. The molecule has 3 aromatic rings. The molecule has 12 heteroatoms. The molecule has 2 saturated heterocycles. The fraction of sp³-hybridized carbons (Fsp3) is 0.500. The summed E-state index contributed by atoms with van der Waals surface area (Å²) in [6, 6.07) is -0.318. The molecular formula is C22H29FN10O. The highest BCUT2D eigenvalue weighted by Gasteiger charge is 2.35. The minimum absolute atomic E-state index is 0.0804. The van der Waals surface area contributed by atoms with E-state index in [1.165, 1.54) is 0 Å². The van der Waals surface area contributed by atoms with Gasteiger partial charge >= 0.3 is 0 Å². The van der Waals surface area contributed by atoms with E-state index in [9.17, 15) is 9.18 Å². The summed E-state index contributed by atoms with van der Waals surface area (Å²) in [5.74, 6) is 0.501. The zero-order valence-electron chi connectivity index (χ0n) is 19.6. The average Bonchev–Trinajstić information content (AvgIpc) is 3.58. The van der Waals surface area contributed by atoms with Crippen molar-refractivity contribution in [1.29, 1.82) is 0 Å². The van der Waals surface area contributed by atoms with E-state index in [1.54, 1.807) is 15.8 Å². The number of fused-ring (bicyclic) bond motifs is 1. The highest BCUT2D eigenvalue weighted by molar-refractivity contribution is 5.88. The van der Waals surface area contributed by atoms with E-state index in [0.29, 0.717) is 29.0 Å². The Morgan fingerprint density at radius 2 is 2.09 bits per heavy atom. The van der Waals surface area contributed by atoms with Crippen molar-refractivity contribution in [1.82, 2.24) is 39.5 Å². The minimum Gasteiger partial charge on any atom is -0.345 e. The van der Waals surface area contributed by atoms with E-state index in [-0.39, 0.29) is 13.1 Å². The molecule has 11 nitrogen and oxygen atoms in total. The van der Waals surface area contributed by atoms with Crippen molar-refractivity contribution in [2.45, 2.75) is 31.6 Å². The summed E-state index contributed by atoms with van der Waals surface area (Å²) in [6.07, 6.45) is 4.64. The number of hydrogen-bond donors (Lipinski definition) is 2. The molecule has 3 aromatic heterocycles. The Labute approximate surface area is 196 Å². The van der Waals surface area contributed by atoms with Crippen molar-refractivity contribution in [3.05, 3.63) is 30.9 Å². The highest BCUT2D eigenvalue weighted by Crippen LogP contribution is 2.30. The quantitative estimate of drug-likeness (QED) is 0.522. The number of aromatic nitrogens is 6. The first-order valence-electron chi connectivity index (χ1n) is 11.3. The van der Waals surface area contributed by atoms with Gasteiger partial charge < -0.3 is 25.0 Å². The Morgan fingerprint density at radius 1 is 1.26 bits per heavy atom. The van der Waals surface area contributed by atoms with E-state index in [1.807, 2.05) is 24.9 Å². The smallest absolute Gasteiger partial charge is 0.243 e. The molecule has 0 spiro atoms. The van der Waals surface area contributed by atoms with Crippen LogP contribution in [0.4, 0.5) is 21.8 Å². The third-order valence-electron chi connectivity index (χ3n) is 6.50. The van der Waals surface area contributed by atoms with Gasteiger partial charge in [-0.25, -0.2) is 9.37 Å². The third-order valence-corrected chi connectivity index (χ3v) is 6.50. The van der Waals surface area contributed by atoms with Crippen LogP contribution >= 0.6 is 0 Å². The fourth-order valence-corrected chi connectivity index (χ4v) is 4.58. The molecule has 2 N–H and O–H groups in total. The number of carbonyl (C=O) groups is 1. The predicted molar refractivity (Wildman–Crippen MR) is 127 cm³/mol. The highest BCUT2D eigenvalue weighted by atomic mass is 19.1. The van der Waals surface area contributed by atoms with Crippen LogP contribution in [0.15, 0.2) is 25.2 Å². The van der Waals surface area contributed by atoms with Gasteiger partial charge in [0.25, 0.3) is 0 Å². The molecule has 34 heavy (non-hydrogen) atoms. The number of likely N-dealkylation sites (N-methyl/N-ethyl adjacent to an activating group) is 1. The lowest BCUT2D eigenvalue weighted by atomic mass is 10.2. The van der Waals surface area contributed by atoms with Gasteiger partial charge in [-0.3, -0.25) is 9.48 Å². The van der Waals surface area contributed by atoms with Crippen molar-refractivity contribution in [2.75, 3.05) is 43.4 Å². The lowest BCUT2D eigenvalue weighted by Crippen LogP contribution is -2.40. The van der Waals surface area contributed by atoms with Crippen LogP contribution < -0.4 is 15.5 Å². The Bertz CT molecular complexity index is 1240. The predicted octanol–water partition coefficient (Wildman–Crippen LogP) is 1.32. The number of alkyl halides is 1. The molecule has 2 fully saturated rings. The number of imidazole rings is 1. The maximum Gasteiger partial charge on any atom is 0.243 e. The molecule has 0 saturated carbocycles. The van der Waals surface area contributed by atoms with Crippen molar-refractivity contribution < 1.29 is 9.18 Å². The van der Waals surface area contributed by atoms with Crippen molar-refractivity contribution in [2.24, 2.45) is 7.05 Å². The number of nitrogens with zero attached hydrogens (tertiary/aromatic N) is 8. The zero-order valence-corrected chi connectivity index (χ0v) is 19.6. The van der Waals surface area contributed by atoms with Crippen LogP contribution in [0.3, 0.4) is 0 Å². The van der Waals surface area contributed by atoms with Crippen molar-refractivity contribution in [3.63, 3.8) is 0 Å². The van der Waals surface area contributed by atoms with Crippen LogP contribution in [-0.2, 0) is 11.8 Å². The summed E-state index contributed by atoms with van der Waals surface area (Å²) in [7, 11) is 3.97. The van der Waals surface area contributed by atoms with Gasteiger partial charge in [-0.1, -0.05) is 6.58 Å².